The van der Waals surface area contributed by atoms with Crippen molar-refractivity contribution in [3.63, 3.8) is 0 Å². The van der Waals surface area contributed by atoms with Crippen LogP contribution in [0.4, 0.5) is 0 Å². The molecule has 2 unspecified atom stereocenters. The summed E-state index contributed by atoms with van der Waals surface area (Å²) in [4.78, 5) is 66.8. The van der Waals surface area contributed by atoms with Gasteiger partial charge in [-0.25, -0.2) is 0 Å². The van der Waals surface area contributed by atoms with Crippen LogP contribution in [0.2, 0.25) is 0 Å². The molecule has 2 aliphatic rings. The Morgan fingerprint density at radius 3 is 2.14 bits per heavy atom. The molecule has 2 atom stereocenters. The Morgan fingerprint density at radius 2 is 1.60 bits per heavy atom. The van der Waals surface area contributed by atoms with Gasteiger partial charge in [0, 0.05) is 48.8 Å². The first-order valence-corrected chi connectivity index (χ1v) is 15.7. The highest BCUT2D eigenvalue weighted by atomic mass is 35.5. The molecule has 0 radical (unpaired) electrons. The second-order valence-corrected chi connectivity index (χ2v) is 13.5. The highest BCUT2D eigenvalue weighted by Crippen LogP contribution is 2.58. The van der Waals surface area contributed by atoms with Crippen LogP contribution in [0.5, 0.6) is 17.2 Å². The van der Waals surface area contributed by atoms with Gasteiger partial charge < -0.3 is 14.2 Å². The molecule has 3 rings (SSSR count). The smallest absolute Gasteiger partial charge is 0.308 e. The van der Waals surface area contributed by atoms with E-state index in [2.05, 4.69) is 0 Å². The number of rotatable bonds is 12. The largest absolute Gasteiger partial charge is 0.460 e. The molecule has 0 saturated heterocycles. The highest BCUT2D eigenvalue weighted by Gasteiger charge is 2.57. The molecule has 0 N–H and O–H groups in total. The molecule has 0 amide bonds. The van der Waals surface area contributed by atoms with E-state index >= 15 is 0 Å². The number of carbonyl (C=O) groups is 5. The first kappa shape index (κ1) is 34.5. The number of alkyl halides is 1. The third-order valence-electron chi connectivity index (χ3n) is 8.42. The first-order chi connectivity index (χ1) is 20.0. The number of allylic oxidation sites excluding steroid dienone is 2. The van der Waals surface area contributed by atoms with Gasteiger partial charge in [0.15, 0.2) is 23.1 Å². The van der Waals surface area contributed by atoms with E-state index in [1.165, 1.54) is 19.9 Å². The minimum Gasteiger partial charge on any atom is -0.460 e. The van der Waals surface area contributed by atoms with Crippen molar-refractivity contribution in [3.8, 4) is 17.2 Å². The van der Waals surface area contributed by atoms with E-state index in [9.17, 15) is 24.0 Å². The summed E-state index contributed by atoms with van der Waals surface area (Å²) in [6.07, 6.45) is 4.00. The molecular formula is C34H45ClO8. The van der Waals surface area contributed by atoms with Crippen molar-refractivity contribution in [2.75, 3.05) is 5.88 Å². The van der Waals surface area contributed by atoms with Gasteiger partial charge in [-0.1, -0.05) is 33.6 Å². The number of fused-ring (bicyclic) bond motifs is 1. The summed E-state index contributed by atoms with van der Waals surface area (Å²) < 4.78 is 17.8. The van der Waals surface area contributed by atoms with Crippen LogP contribution in [-0.4, -0.2) is 35.2 Å². The van der Waals surface area contributed by atoms with Crippen LogP contribution < -0.4 is 14.2 Å². The SMILES string of the molecule is CCC(CCCCCCl)C(=O)c1c(OC(C)=O)cc2c(c1OC(C)=O)C(CC(C)C)C1=C(O2)C(C)(C)C(=O)C(C)(C)C1=O. The first-order valence-electron chi connectivity index (χ1n) is 15.2. The maximum Gasteiger partial charge on any atom is 0.308 e. The van der Waals surface area contributed by atoms with Crippen molar-refractivity contribution in [2.24, 2.45) is 22.7 Å². The lowest BCUT2D eigenvalue weighted by Crippen LogP contribution is -2.51. The lowest BCUT2D eigenvalue weighted by molar-refractivity contribution is -0.144. The Balaban J connectivity index is 2.39. The van der Waals surface area contributed by atoms with Gasteiger partial charge in [-0.2, -0.15) is 0 Å². The molecular weight excluding hydrogens is 572 g/mol. The zero-order chi connectivity index (χ0) is 32.4. The van der Waals surface area contributed by atoms with Crippen LogP contribution in [0.25, 0.3) is 0 Å². The Labute approximate surface area is 259 Å². The number of esters is 2. The fourth-order valence-electron chi connectivity index (χ4n) is 6.37. The van der Waals surface area contributed by atoms with Crippen molar-refractivity contribution in [3.05, 3.63) is 28.5 Å². The number of halogens is 1. The molecule has 1 aromatic rings. The van der Waals surface area contributed by atoms with E-state index in [1.54, 1.807) is 27.7 Å². The lowest BCUT2D eigenvalue weighted by atomic mass is 9.59. The summed E-state index contributed by atoms with van der Waals surface area (Å²) in [6.45, 7) is 15.0. The third kappa shape index (κ3) is 6.74. The summed E-state index contributed by atoms with van der Waals surface area (Å²) in [5, 5.41) is 0. The summed E-state index contributed by atoms with van der Waals surface area (Å²) in [5.41, 5.74) is -1.77. The minimum absolute atomic E-state index is 0.0207. The number of Topliss-reactive ketones (excluding diaryl/α,β-unsaturated/α-hetero) is 3. The monoisotopic (exact) mass is 616 g/mol. The predicted molar refractivity (Wildman–Crippen MR) is 164 cm³/mol. The Morgan fingerprint density at radius 1 is 0.977 bits per heavy atom. The third-order valence-corrected chi connectivity index (χ3v) is 8.68. The van der Waals surface area contributed by atoms with E-state index in [4.69, 9.17) is 25.8 Å². The molecule has 1 aliphatic heterocycles. The van der Waals surface area contributed by atoms with Crippen LogP contribution in [0.3, 0.4) is 0 Å². The van der Waals surface area contributed by atoms with Crippen LogP contribution in [0.15, 0.2) is 17.4 Å². The lowest BCUT2D eigenvalue weighted by Gasteiger charge is -2.45. The van der Waals surface area contributed by atoms with Gasteiger partial charge in [-0.05, 0) is 59.3 Å². The fourth-order valence-corrected chi connectivity index (χ4v) is 6.56. The predicted octanol–water partition coefficient (Wildman–Crippen LogP) is 7.53. The molecule has 0 fully saturated rings. The van der Waals surface area contributed by atoms with E-state index in [1.807, 2.05) is 20.8 Å². The highest BCUT2D eigenvalue weighted by molar-refractivity contribution is 6.20. The molecule has 0 bridgehead atoms. The maximum atomic E-state index is 14.3. The number of benzene rings is 1. The average Bonchev–Trinajstić information content (AvgIpc) is 2.90. The van der Waals surface area contributed by atoms with Gasteiger partial charge in [0.2, 0.25) is 0 Å². The van der Waals surface area contributed by atoms with Gasteiger partial charge in [0.1, 0.15) is 22.8 Å². The van der Waals surface area contributed by atoms with Crippen LogP contribution in [-0.2, 0) is 19.2 Å². The van der Waals surface area contributed by atoms with E-state index in [-0.39, 0.29) is 51.8 Å². The maximum absolute atomic E-state index is 14.3. The normalized spacial score (nSPS) is 19.4. The Bertz CT molecular complexity index is 1350. The molecule has 9 heteroatoms. The number of hydrogen-bond acceptors (Lipinski definition) is 8. The molecule has 1 heterocycles. The fraction of sp³-hybridized carbons (Fsp3) is 0.618. The number of ether oxygens (including phenoxy) is 3. The topological polar surface area (TPSA) is 113 Å². The van der Waals surface area contributed by atoms with Crippen molar-refractivity contribution >= 4 is 40.9 Å². The van der Waals surface area contributed by atoms with Crippen molar-refractivity contribution in [1.82, 2.24) is 0 Å². The zero-order valence-corrected chi connectivity index (χ0v) is 27.7. The van der Waals surface area contributed by atoms with Gasteiger partial charge >= 0.3 is 11.9 Å². The van der Waals surface area contributed by atoms with Crippen molar-refractivity contribution < 1.29 is 38.2 Å². The second-order valence-electron chi connectivity index (χ2n) is 13.1. The molecule has 0 aromatic heterocycles. The van der Waals surface area contributed by atoms with Crippen LogP contribution >= 0.6 is 11.6 Å². The van der Waals surface area contributed by atoms with Crippen LogP contribution in [0, 0.1) is 22.7 Å². The molecule has 8 nitrogen and oxygen atoms in total. The van der Waals surface area contributed by atoms with Gasteiger partial charge in [0.25, 0.3) is 0 Å². The van der Waals surface area contributed by atoms with Crippen molar-refractivity contribution in [2.45, 2.75) is 107 Å². The van der Waals surface area contributed by atoms with E-state index < -0.39 is 34.6 Å². The molecule has 1 aromatic carbocycles. The summed E-state index contributed by atoms with van der Waals surface area (Å²) in [7, 11) is 0. The summed E-state index contributed by atoms with van der Waals surface area (Å²) in [5.74, 6) is -2.53. The zero-order valence-electron chi connectivity index (χ0n) is 26.9. The average molecular weight is 617 g/mol. The Hall–Kier alpha value is -3.00. The van der Waals surface area contributed by atoms with Crippen LogP contribution in [0.1, 0.15) is 123 Å². The summed E-state index contributed by atoms with van der Waals surface area (Å²) >= 11 is 5.84. The van der Waals surface area contributed by atoms with Crippen molar-refractivity contribution in [1.29, 1.82) is 0 Å². The standard InChI is InChI=1S/C34H45ClO8/c1-10-21(14-12-11-13-15-35)28(38)27-24(41-19(4)36)17-23-25(29(27)42-20(5)37)22(16-18(2)3)26-30(39)33(6,7)32(40)34(8,9)31(26)43-23/h17-18,21-22H,10-16H2,1-9H3. The quantitative estimate of drug-likeness (QED) is 0.0591. The number of carbonyl (C=O) groups excluding carboxylic acids is 5. The minimum atomic E-state index is -1.31. The van der Waals surface area contributed by atoms with Gasteiger partial charge in [0.05, 0.1) is 10.8 Å². The molecule has 43 heavy (non-hydrogen) atoms. The molecule has 0 saturated carbocycles. The number of ketones is 3. The Kier molecular flexibility index (Phi) is 10.7. The van der Waals surface area contributed by atoms with Gasteiger partial charge in [-0.3, -0.25) is 24.0 Å². The number of unbranched alkanes of at least 4 members (excludes halogenated alkanes) is 2. The molecule has 1 aliphatic carbocycles. The molecule has 236 valence electrons. The van der Waals surface area contributed by atoms with E-state index in [0.29, 0.717) is 36.3 Å². The second kappa shape index (κ2) is 13.3. The molecule has 0 spiro atoms. The summed E-state index contributed by atoms with van der Waals surface area (Å²) in [6, 6.07) is 1.46. The van der Waals surface area contributed by atoms with Gasteiger partial charge in [-0.15, -0.1) is 11.6 Å². The van der Waals surface area contributed by atoms with E-state index in [0.717, 1.165) is 19.3 Å². The number of hydrogen-bond donors (Lipinski definition) is 0.